The number of carbonyl (C=O) groups excluding carboxylic acids is 1. The second-order valence-electron chi connectivity index (χ2n) is 4.20. The van der Waals surface area contributed by atoms with Gasteiger partial charge in [-0.3, -0.25) is 4.79 Å². The van der Waals surface area contributed by atoms with Crippen LogP contribution in [0.2, 0.25) is 0 Å². The predicted molar refractivity (Wildman–Crippen MR) is 62.6 cm³/mol. The van der Waals surface area contributed by atoms with E-state index in [9.17, 15) is 4.79 Å². The van der Waals surface area contributed by atoms with Crippen molar-refractivity contribution in [2.24, 2.45) is 0 Å². The van der Waals surface area contributed by atoms with E-state index in [1.807, 2.05) is 13.1 Å². The van der Waals surface area contributed by atoms with E-state index in [1.165, 1.54) is 19.3 Å². The molecule has 1 saturated carbocycles. The summed E-state index contributed by atoms with van der Waals surface area (Å²) in [6.07, 6.45) is 4.42. The average molecular weight is 214 g/mol. The summed E-state index contributed by atoms with van der Waals surface area (Å²) in [4.78, 5) is 12.8. The van der Waals surface area contributed by atoms with Gasteiger partial charge in [-0.1, -0.05) is 0 Å². The molecule has 0 atom stereocenters. The average Bonchev–Trinajstić information content (AvgIpc) is 2.25. The van der Waals surface area contributed by atoms with E-state index in [4.69, 9.17) is 5.26 Å². The molecule has 1 aromatic rings. The van der Waals surface area contributed by atoms with Crippen LogP contribution in [0, 0.1) is 11.3 Å². The monoisotopic (exact) mass is 214 g/mol. The molecule has 0 amide bonds. The van der Waals surface area contributed by atoms with Gasteiger partial charge in [-0.25, -0.2) is 0 Å². The Labute approximate surface area is 95.3 Å². The van der Waals surface area contributed by atoms with Gasteiger partial charge in [0.25, 0.3) is 0 Å². The molecule has 2 rings (SSSR count). The van der Waals surface area contributed by atoms with Crippen molar-refractivity contribution < 1.29 is 4.79 Å². The van der Waals surface area contributed by atoms with Crippen molar-refractivity contribution in [2.75, 3.05) is 11.9 Å². The number of nitriles is 1. The van der Waals surface area contributed by atoms with E-state index < -0.39 is 0 Å². The molecular formula is C13H14N2O. The van der Waals surface area contributed by atoms with Crippen LogP contribution in [0.5, 0.6) is 0 Å². The van der Waals surface area contributed by atoms with E-state index in [2.05, 4.69) is 11.0 Å². The molecule has 0 bridgehead atoms. The predicted octanol–water partition coefficient (Wildman–Crippen LogP) is 2.36. The zero-order valence-corrected chi connectivity index (χ0v) is 9.31. The molecule has 0 N–H and O–H groups in total. The Morgan fingerprint density at radius 2 is 2.25 bits per heavy atom. The second kappa shape index (κ2) is 4.36. The van der Waals surface area contributed by atoms with Crippen LogP contribution in [0.15, 0.2) is 18.2 Å². The Kier molecular flexibility index (Phi) is 2.91. The third-order valence-corrected chi connectivity index (χ3v) is 3.28. The molecule has 1 aliphatic rings. The smallest absolute Gasteiger partial charge is 0.150 e. The van der Waals surface area contributed by atoms with Gasteiger partial charge in [0.05, 0.1) is 11.3 Å². The van der Waals surface area contributed by atoms with Crippen molar-refractivity contribution in [3.05, 3.63) is 29.3 Å². The number of anilines is 1. The molecule has 16 heavy (non-hydrogen) atoms. The number of nitrogens with zero attached hydrogens (tertiary/aromatic N) is 2. The Bertz CT molecular complexity index is 444. The van der Waals surface area contributed by atoms with Gasteiger partial charge >= 0.3 is 0 Å². The number of carbonyl (C=O) groups is 1. The summed E-state index contributed by atoms with van der Waals surface area (Å²) >= 11 is 0. The van der Waals surface area contributed by atoms with Crippen LogP contribution in [0.4, 0.5) is 5.69 Å². The summed E-state index contributed by atoms with van der Waals surface area (Å²) in [5.41, 5.74) is 2.07. The van der Waals surface area contributed by atoms with E-state index in [0.717, 1.165) is 12.0 Å². The summed E-state index contributed by atoms with van der Waals surface area (Å²) in [5, 5.41) is 9.07. The number of hydrogen-bond donors (Lipinski definition) is 0. The van der Waals surface area contributed by atoms with Crippen molar-refractivity contribution in [3.8, 4) is 6.07 Å². The minimum absolute atomic E-state index is 0.550. The van der Waals surface area contributed by atoms with Gasteiger partial charge in [0, 0.05) is 18.7 Å². The van der Waals surface area contributed by atoms with Crippen molar-refractivity contribution >= 4 is 12.0 Å². The van der Waals surface area contributed by atoms with E-state index >= 15 is 0 Å². The Morgan fingerprint density at radius 3 is 2.75 bits per heavy atom. The first-order chi connectivity index (χ1) is 7.76. The van der Waals surface area contributed by atoms with Crippen molar-refractivity contribution in [1.29, 1.82) is 5.26 Å². The summed E-state index contributed by atoms with van der Waals surface area (Å²) in [6, 6.07) is 7.98. The second-order valence-corrected chi connectivity index (χ2v) is 4.20. The van der Waals surface area contributed by atoms with Gasteiger partial charge in [-0.2, -0.15) is 5.26 Å². The minimum Gasteiger partial charge on any atom is -0.371 e. The number of benzene rings is 1. The van der Waals surface area contributed by atoms with Gasteiger partial charge in [0.15, 0.2) is 0 Å². The Morgan fingerprint density at radius 1 is 1.50 bits per heavy atom. The molecule has 1 aromatic carbocycles. The van der Waals surface area contributed by atoms with Crippen LogP contribution in [0.25, 0.3) is 0 Å². The lowest BCUT2D eigenvalue weighted by Gasteiger charge is -2.36. The molecule has 0 aromatic heterocycles. The fourth-order valence-corrected chi connectivity index (χ4v) is 1.99. The fraction of sp³-hybridized carbons (Fsp3) is 0.385. The largest absolute Gasteiger partial charge is 0.371 e. The summed E-state index contributed by atoms with van der Waals surface area (Å²) in [7, 11) is 2.01. The molecule has 0 radical (unpaired) electrons. The Hall–Kier alpha value is -1.82. The lowest BCUT2D eigenvalue weighted by atomic mass is 9.91. The highest BCUT2D eigenvalue weighted by Gasteiger charge is 2.23. The highest BCUT2D eigenvalue weighted by Crippen LogP contribution is 2.30. The zero-order valence-electron chi connectivity index (χ0n) is 9.31. The fourth-order valence-electron chi connectivity index (χ4n) is 1.99. The first kappa shape index (κ1) is 10.7. The molecule has 0 saturated heterocycles. The van der Waals surface area contributed by atoms with Gasteiger partial charge < -0.3 is 4.90 Å². The van der Waals surface area contributed by atoms with Crippen LogP contribution in [-0.2, 0) is 0 Å². The number of hydrogen-bond acceptors (Lipinski definition) is 3. The third-order valence-electron chi connectivity index (χ3n) is 3.28. The quantitative estimate of drug-likeness (QED) is 0.725. The molecule has 1 aliphatic carbocycles. The molecule has 0 aliphatic heterocycles. The van der Waals surface area contributed by atoms with Crippen LogP contribution >= 0.6 is 0 Å². The normalized spacial score (nSPS) is 15.0. The molecule has 0 unspecified atom stereocenters. The highest BCUT2D eigenvalue weighted by atomic mass is 16.1. The first-order valence-electron chi connectivity index (χ1n) is 5.48. The van der Waals surface area contributed by atoms with E-state index in [-0.39, 0.29) is 0 Å². The molecule has 1 fully saturated rings. The zero-order chi connectivity index (χ0) is 11.5. The van der Waals surface area contributed by atoms with Gasteiger partial charge in [0.1, 0.15) is 12.4 Å². The van der Waals surface area contributed by atoms with Crippen molar-refractivity contribution in [3.63, 3.8) is 0 Å². The van der Waals surface area contributed by atoms with Crippen LogP contribution in [-0.4, -0.2) is 19.4 Å². The maximum Gasteiger partial charge on any atom is 0.150 e. The van der Waals surface area contributed by atoms with Crippen molar-refractivity contribution in [1.82, 2.24) is 0 Å². The molecular weight excluding hydrogens is 200 g/mol. The lowest BCUT2D eigenvalue weighted by molar-refractivity contribution is 0.112. The minimum atomic E-state index is 0.550. The number of rotatable bonds is 3. The SMILES string of the molecule is CN(c1ccc(C=O)cc1C#N)C1CCC1. The standard InChI is InChI=1S/C13H14N2O/c1-15(12-3-2-4-12)13-6-5-10(9-16)7-11(13)8-14/h5-7,9,12H,2-4H2,1H3. The number of aldehydes is 1. The Balaban J connectivity index is 2.32. The van der Waals surface area contributed by atoms with Gasteiger partial charge in [-0.05, 0) is 37.5 Å². The molecule has 3 heteroatoms. The van der Waals surface area contributed by atoms with E-state index in [1.54, 1.807) is 12.1 Å². The topological polar surface area (TPSA) is 44.1 Å². The summed E-state index contributed by atoms with van der Waals surface area (Å²) in [5.74, 6) is 0. The van der Waals surface area contributed by atoms with Crippen LogP contribution in [0.1, 0.15) is 35.2 Å². The summed E-state index contributed by atoms with van der Waals surface area (Å²) in [6.45, 7) is 0. The molecule has 3 nitrogen and oxygen atoms in total. The van der Waals surface area contributed by atoms with Gasteiger partial charge in [-0.15, -0.1) is 0 Å². The first-order valence-corrected chi connectivity index (χ1v) is 5.48. The molecule has 82 valence electrons. The maximum atomic E-state index is 10.6. The molecule has 0 spiro atoms. The van der Waals surface area contributed by atoms with E-state index in [0.29, 0.717) is 17.2 Å². The van der Waals surface area contributed by atoms with Crippen LogP contribution in [0.3, 0.4) is 0 Å². The van der Waals surface area contributed by atoms with Crippen molar-refractivity contribution in [2.45, 2.75) is 25.3 Å². The summed E-state index contributed by atoms with van der Waals surface area (Å²) < 4.78 is 0. The third kappa shape index (κ3) is 1.79. The lowest BCUT2D eigenvalue weighted by Crippen LogP contribution is -2.37. The highest BCUT2D eigenvalue weighted by molar-refractivity contribution is 5.78. The maximum absolute atomic E-state index is 10.6. The van der Waals surface area contributed by atoms with Gasteiger partial charge in [0.2, 0.25) is 0 Å². The van der Waals surface area contributed by atoms with Crippen LogP contribution < -0.4 is 4.90 Å². The molecule has 0 heterocycles.